The number of sulfone groups is 1. The fourth-order valence-electron chi connectivity index (χ4n) is 1.93. The Hall–Kier alpha value is -0.130. The molecule has 1 N–H and O–H groups in total. The van der Waals surface area contributed by atoms with Crippen LogP contribution in [0.5, 0.6) is 0 Å². The molecular formula is C14H31NO3S. The summed E-state index contributed by atoms with van der Waals surface area (Å²) in [5.41, 5.74) is 0.00848. The van der Waals surface area contributed by atoms with Gasteiger partial charge >= 0.3 is 0 Å². The lowest BCUT2D eigenvalue weighted by Gasteiger charge is -2.34. The molecule has 0 saturated heterocycles. The van der Waals surface area contributed by atoms with Crippen molar-refractivity contribution in [2.75, 3.05) is 38.3 Å². The van der Waals surface area contributed by atoms with E-state index in [2.05, 4.69) is 26.1 Å². The van der Waals surface area contributed by atoms with Crippen LogP contribution in [0, 0.1) is 11.3 Å². The quantitative estimate of drug-likeness (QED) is 0.593. The van der Waals surface area contributed by atoms with Crippen molar-refractivity contribution in [3.63, 3.8) is 0 Å². The highest BCUT2D eigenvalue weighted by Crippen LogP contribution is 2.30. The minimum absolute atomic E-state index is 0.00848. The lowest BCUT2D eigenvalue weighted by Crippen LogP contribution is -2.39. The van der Waals surface area contributed by atoms with E-state index in [-0.39, 0.29) is 5.41 Å². The van der Waals surface area contributed by atoms with Crippen molar-refractivity contribution < 1.29 is 13.2 Å². The van der Waals surface area contributed by atoms with E-state index in [1.54, 1.807) is 7.11 Å². The van der Waals surface area contributed by atoms with Gasteiger partial charge in [0.1, 0.15) is 9.84 Å². The van der Waals surface area contributed by atoms with Crippen LogP contribution >= 0.6 is 0 Å². The third-order valence-corrected chi connectivity index (χ3v) is 5.76. The maximum atomic E-state index is 11.8. The molecule has 0 aliphatic carbocycles. The van der Waals surface area contributed by atoms with Gasteiger partial charge in [-0.2, -0.15) is 0 Å². The Labute approximate surface area is 119 Å². The molecule has 5 heteroatoms. The van der Waals surface area contributed by atoms with Crippen molar-refractivity contribution in [2.24, 2.45) is 11.3 Å². The summed E-state index contributed by atoms with van der Waals surface area (Å²) in [7, 11) is -1.20. The van der Waals surface area contributed by atoms with Gasteiger partial charge in [-0.05, 0) is 24.2 Å². The molecule has 0 heterocycles. The number of methoxy groups -OCH3 is 1. The SMILES string of the molecule is CCCS(=O)(=O)CCC(C)(CNCCOC)C(C)C. The van der Waals surface area contributed by atoms with E-state index >= 15 is 0 Å². The van der Waals surface area contributed by atoms with Gasteiger partial charge in [0.15, 0.2) is 0 Å². The van der Waals surface area contributed by atoms with E-state index in [1.165, 1.54) is 0 Å². The molecule has 0 aliphatic rings. The molecule has 0 fully saturated rings. The Kier molecular flexibility index (Phi) is 8.86. The van der Waals surface area contributed by atoms with Crippen LogP contribution in [0.1, 0.15) is 40.5 Å². The van der Waals surface area contributed by atoms with Crippen LogP contribution in [-0.2, 0) is 14.6 Å². The zero-order chi connectivity index (χ0) is 14.9. The standard InChI is InChI=1S/C14H31NO3S/c1-6-10-19(16,17)11-7-14(4,13(2)3)12-15-8-9-18-5/h13,15H,6-12H2,1-5H3. The van der Waals surface area contributed by atoms with E-state index in [1.807, 2.05) is 6.92 Å². The summed E-state index contributed by atoms with van der Waals surface area (Å²) in [6, 6.07) is 0. The zero-order valence-corrected chi connectivity index (χ0v) is 14.0. The summed E-state index contributed by atoms with van der Waals surface area (Å²) in [5, 5.41) is 3.36. The van der Waals surface area contributed by atoms with Crippen molar-refractivity contribution in [2.45, 2.75) is 40.5 Å². The lowest BCUT2D eigenvalue weighted by molar-refractivity contribution is 0.172. The molecule has 0 aliphatic heterocycles. The number of rotatable bonds is 11. The lowest BCUT2D eigenvalue weighted by atomic mass is 9.77. The summed E-state index contributed by atoms with van der Waals surface area (Å²) in [6.45, 7) is 10.7. The molecule has 0 aromatic carbocycles. The van der Waals surface area contributed by atoms with Gasteiger partial charge in [0.05, 0.1) is 12.4 Å². The van der Waals surface area contributed by atoms with Gasteiger partial charge < -0.3 is 10.1 Å². The Morgan fingerprint density at radius 2 is 1.89 bits per heavy atom. The third kappa shape index (κ3) is 7.90. The molecule has 0 saturated carbocycles. The monoisotopic (exact) mass is 293 g/mol. The molecule has 1 atom stereocenters. The molecule has 116 valence electrons. The van der Waals surface area contributed by atoms with Crippen molar-refractivity contribution >= 4 is 9.84 Å². The molecule has 1 unspecified atom stereocenters. The summed E-state index contributed by atoms with van der Waals surface area (Å²) in [5.74, 6) is 1.04. The number of hydrogen-bond donors (Lipinski definition) is 1. The topological polar surface area (TPSA) is 55.4 Å². The van der Waals surface area contributed by atoms with Crippen molar-refractivity contribution in [1.82, 2.24) is 5.32 Å². The normalized spacial score (nSPS) is 15.7. The van der Waals surface area contributed by atoms with Gasteiger partial charge in [-0.25, -0.2) is 8.42 Å². The fraction of sp³-hybridized carbons (Fsp3) is 1.00. The van der Waals surface area contributed by atoms with Gasteiger partial charge in [0.25, 0.3) is 0 Å². The highest BCUT2D eigenvalue weighted by atomic mass is 32.2. The first-order chi connectivity index (χ1) is 8.77. The fourth-order valence-corrected chi connectivity index (χ4v) is 3.53. The third-order valence-electron chi connectivity index (χ3n) is 3.90. The van der Waals surface area contributed by atoms with Crippen molar-refractivity contribution in [3.8, 4) is 0 Å². The predicted octanol–water partition coefficient (Wildman–Crippen LogP) is 2.10. The van der Waals surface area contributed by atoms with Gasteiger partial charge in [-0.15, -0.1) is 0 Å². The highest BCUT2D eigenvalue weighted by Gasteiger charge is 2.29. The molecule has 0 bridgehead atoms. The van der Waals surface area contributed by atoms with Crippen molar-refractivity contribution in [3.05, 3.63) is 0 Å². The molecule has 19 heavy (non-hydrogen) atoms. The smallest absolute Gasteiger partial charge is 0.150 e. The Morgan fingerprint density at radius 3 is 2.37 bits per heavy atom. The summed E-state index contributed by atoms with van der Waals surface area (Å²) >= 11 is 0. The van der Waals surface area contributed by atoms with Crippen LogP contribution in [0.25, 0.3) is 0 Å². The molecule has 0 amide bonds. The van der Waals surface area contributed by atoms with Gasteiger partial charge in [-0.3, -0.25) is 0 Å². The van der Waals surface area contributed by atoms with E-state index in [0.29, 0.717) is 36.9 Å². The zero-order valence-electron chi connectivity index (χ0n) is 13.2. The average Bonchev–Trinajstić information content (AvgIpc) is 2.32. The molecule has 0 aromatic heterocycles. The van der Waals surface area contributed by atoms with Crippen molar-refractivity contribution in [1.29, 1.82) is 0 Å². The van der Waals surface area contributed by atoms with Gasteiger partial charge in [0.2, 0.25) is 0 Å². The van der Waals surface area contributed by atoms with Gasteiger partial charge in [0, 0.05) is 26.0 Å². The van der Waals surface area contributed by atoms with Crippen LogP contribution < -0.4 is 5.32 Å². The van der Waals surface area contributed by atoms with E-state index < -0.39 is 9.84 Å². The molecule has 0 spiro atoms. The first-order valence-corrected chi connectivity index (χ1v) is 8.99. The minimum Gasteiger partial charge on any atom is -0.383 e. The summed E-state index contributed by atoms with van der Waals surface area (Å²) in [4.78, 5) is 0. The Balaban J connectivity index is 4.38. The second-order valence-electron chi connectivity index (χ2n) is 5.88. The Morgan fingerprint density at radius 1 is 1.26 bits per heavy atom. The van der Waals surface area contributed by atoms with Gasteiger partial charge in [-0.1, -0.05) is 27.7 Å². The molecule has 0 rings (SSSR count). The van der Waals surface area contributed by atoms with E-state index in [0.717, 1.165) is 13.1 Å². The minimum atomic E-state index is -2.89. The first-order valence-electron chi connectivity index (χ1n) is 7.17. The maximum absolute atomic E-state index is 11.8. The highest BCUT2D eigenvalue weighted by molar-refractivity contribution is 7.91. The van der Waals surface area contributed by atoms with E-state index in [9.17, 15) is 8.42 Å². The second kappa shape index (κ2) is 8.93. The number of hydrogen-bond acceptors (Lipinski definition) is 4. The maximum Gasteiger partial charge on any atom is 0.150 e. The van der Waals surface area contributed by atoms with Crippen LogP contribution in [0.2, 0.25) is 0 Å². The average molecular weight is 293 g/mol. The van der Waals surface area contributed by atoms with Crippen LogP contribution in [0.4, 0.5) is 0 Å². The summed E-state index contributed by atoms with van der Waals surface area (Å²) < 4.78 is 28.7. The molecular weight excluding hydrogens is 262 g/mol. The van der Waals surface area contributed by atoms with E-state index in [4.69, 9.17) is 4.74 Å². The van der Waals surface area contributed by atoms with Crippen LogP contribution in [0.3, 0.4) is 0 Å². The molecule has 0 aromatic rings. The summed E-state index contributed by atoms with van der Waals surface area (Å²) in [6.07, 6.45) is 1.42. The largest absolute Gasteiger partial charge is 0.383 e. The Bertz CT molecular complexity index is 328. The number of nitrogens with one attached hydrogen (secondary N) is 1. The second-order valence-corrected chi connectivity index (χ2v) is 8.18. The first kappa shape index (κ1) is 18.9. The van der Waals surface area contributed by atoms with Crippen LogP contribution in [-0.4, -0.2) is 46.7 Å². The predicted molar refractivity (Wildman–Crippen MR) is 81.3 cm³/mol. The molecule has 0 radical (unpaired) electrons. The molecule has 4 nitrogen and oxygen atoms in total. The number of ether oxygens (including phenoxy) is 1. The van der Waals surface area contributed by atoms with Crippen LogP contribution in [0.15, 0.2) is 0 Å².